The van der Waals surface area contributed by atoms with Gasteiger partial charge in [-0.3, -0.25) is 4.79 Å². The van der Waals surface area contributed by atoms with Gasteiger partial charge >= 0.3 is 12.1 Å². The topological polar surface area (TPSA) is 89.0 Å². The highest BCUT2D eigenvalue weighted by Crippen LogP contribution is 2.43. The van der Waals surface area contributed by atoms with E-state index in [1.165, 1.54) is 18.2 Å². The molecule has 3 aromatic carbocycles. The minimum atomic E-state index is -4.64. The lowest BCUT2D eigenvalue weighted by atomic mass is 9.87. The van der Waals surface area contributed by atoms with Crippen LogP contribution in [-0.4, -0.2) is 47.1 Å². The first-order valence-corrected chi connectivity index (χ1v) is 15.8. The maximum atomic E-state index is 15.5. The molecule has 2 heterocycles. The summed E-state index contributed by atoms with van der Waals surface area (Å²) in [6.07, 6.45) is -1.37. The molecule has 0 saturated carbocycles. The van der Waals surface area contributed by atoms with Gasteiger partial charge in [0, 0.05) is 41.0 Å². The van der Waals surface area contributed by atoms with Crippen molar-refractivity contribution < 1.29 is 41.7 Å². The maximum absolute atomic E-state index is 15.5. The fraction of sp³-hybridized carbons (Fsp3) is 0.289. The summed E-state index contributed by atoms with van der Waals surface area (Å²) in [5, 5.41) is 9.61. The summed E-state index contributed by atoms with van der Waals surface area (Å²) in [5.41, 5.74) is 1.93. The van der Waals surface area contributed by atoms with Crippen molar-refractivity contribution in [3.8, 4) is 5.75 Å². The highest BCUT2D eigenvalue weighted by Gasteiger charge is 2.43. The molecule has 7 nitrogen and oxygen atoms in total. The number of nitrogens with zero attached hydrogens (tertiary/aromatic N) is 2. The number of aryl methyl sites for hydroxylation is 2. The third-order valence-electron chi connectivity index (χ3n) is 8.55. The van der Waals surface area contributed by atoms with E-state index in [2.05, 4.69) is 4.98 Å². The Balaban J connectivity index is 1.32. The number of aromatic nitrogens is 1. The summed E-state index contributed by atoms with van der Waals surface area (Å²) in [7, 11) is 0. The van der Waals surface area contributed by atoms with Gasteiger partial charge in [0.2, 0.25) is 0 Å². The lowest BCUT2D eigenvalue weighted by Gasteiger charge is -2.25. The molecule has 0 amide bonds. The van der Waals surface area contributed by atoms with Crippen molar-refractivity contribution in [3.05, 3.63) is 130 Å². The number of rotatable bonds is 13. The van der Waals surface area contributed by atoms with Gasteiger partial charge in [-0.15, -0.1) is 0 Å². The van der Waals surface area contributed by atoms with E-state index < -0.39 is 41.6 Å². The number of carbonyl (C=O) groups is 2. The predicted molar refractivity (Wildman–Crippen MR) is 177 cm³/mol. The minimum absolute atomic E-state index is 0.128. The first-order chi connectivity index (χ1) is 23.4. The Labute approximate surface area is 281 Å². The predicted octanol–water partition coefficient (Wildman–Crippen LogP) is 8.05. The van der Waals surface area contributed by atoms with Gasteiger partial charge in [0.05, 0.1) is 18.1 Å². The molecule has 0 fully saturated rings. The largest absolute Gasteiger partial charge is 0.490 e. The number of hydrogen-bond acceptors (Lipinski definition) is 6. The molecule has 256 valence electrons. The normalized spacial score (nSPS) is 16.5. The SMILES string of the molecule is CCc1cccc(C(=O)C2c3cc(C(F)(F)F)cnc3N(C/C=C/c3cccc(CO[C@H](COc4ccc(C)cc4)C(=O)O)c3F)C2C)c1. The molecule has 1 N–H and O–H groups in total. The van der Waals surface area contributed by atoms with E-state index in [4.69, 9.17) is 9.47 Å². The summed E-state index contributed by atoms with van der Waals surface area (Å²) >= 11 is 0. The van der Waals surface area contributed by atoms with Crippen LogP contribution in [0.4, 0.5) is 23.4 Å². The van der Waals surface area contributed by atoms with Gasteiger partial charge in [0.1, 0.15) is 24.0 Å². The van der Waals surface area contributed by atoms with Crippen LogP contribution in [0.2, 0.25) is 0 Å². The van der Waals surface area contributed by atoms with Crippen LogP contribution >= 0.6 is 0 Å². The monoisotopic (exact) mass is 676 g/mol. The summed E-state index contributed by atoms with van der Waals surface area (Å²) in [5.74, 6) is -2.35. The van der Waals surface area contributed by atoms with Crippen LogP contribution in [0, 0.1) is 12.7 Å². The van der Waals surface area contributed by atoms with E-state index in [0.717, 1.165) is 23.4 Å². The Bertz CT molecular complexity index is 1840. The molecule has 1 aliphatic rings. The number of hydrogen-bond donors (Lipinski definition) is 1. The van der Waals surface area contributed by atoms with E-state index in [0.29, 0.717) is 17.7 Å². The quantitative estimate of drug-likeness (QED) is 0.113. The van der Waals surface area contributed by atoms with E-state index in [9.17, 15) is 27.9 Å². The second kappa shape index (κ2) is 15.0. The van der Waals surface area contributed by atoms with E-state index in [-0.39, 0.29) is 48.0 Å². The highest BCUT2D eigenvalue weighted by atomic mass is 19.4. The summed E-state index contributed by atoms with van der Waals surface area (Å²) in [4.78, 5) is 31.4. The van der Waals surface area contributed by atoms with E-state index in [1.807, 2.05) is 32.0 Å². The molecular formula is C38H36F4N2O5. The zero-order valence-electron chi connectivity index (χ0n) is 27.2. The Morgan fingerprint density at radius 2 is 1.80 bits per heavy atom. The van der Waals surface area contributed by atoms with Gasteiger partial charge in [-0.2, -0.15) is 13.2 Å². The van der Waals surface area contributed by atoms with Gasteiger partial charge in [0.15, 0.2) is 11.9 Å². The van der Waals surface area contributed by atoms with Crippen LogP contribution in [0.3, 0.4) is 0 Å². The summed E-state index contributed by atoms with van der Waals surface area (Å²) in [6, 6.07) is 19.2. The number of anilines is 1. The molecule has 2 unspecified atom stereocenters. The zero-order chi connectivity index (χ0) is 35.3. The molecule has 0 spiro atoms. The average Bonchev–Trinajstić information content (AvgIpc) is 3.35. The van der Waals surface area contributed by atoms with Crippen molar-refractivity contribution in [1.29, 1.82) is 0 Å². The Kier molecular flexibility index (Phi) is 10.8. The third kappa shape index (κ3) is 8.17. The maximum Gasteiger partial charge on any atom is 0.417 e. The number of pyridine rings is 1. The number of carboxylic acid groups (broad SMARTS) is 1. The van der Waals surface area contributed by atoms with Gasteiger partial charge < -0.3 is 19.5 Å². The molecule has 49 heavy (non-hydrogen) atoms. The second-order valence-corrected chi connectivity index (χ2v) is 11.9. The number of fused-ring (bicyclic) bond motifs is 1. The number of benzene rings is 3. The molecule has 0 radical (unpaired) electrons. The van der Waals surface area contributed by atoms with Crippen LogP contribution in [0.5, 0.6) is 5.75 Å². The lowest BCUT2D eigenvalue weighted by Crippen LogP contribution is -2.34. The van der Waals surface area contributed by atoms with Gasteiger partial charge in [-0.05, 0) is 50.1 Å². The number of alkyl halides is 3. The number of ketones is 1. The second-order valence-electron chi connectivity index (χ2n) is 11.9. The van der Waals surface area contributed by atoms with Gasteiger partial charge in [0.25, 0.3) is 0 Å². The zero-order valence-corrected chi connectivity index (χ0v) is 27.2. The van der Waals surface area contributed by atoms with Crippen LogP contribution in [0.15, 0.2) is 85.1 Å². The smallest absolute Gasteiger partial charge is 0.417 e. The lowest BCUT2D eigenvalue weighted by molar-refractivity contribution is -0.153. The third-order valence-corrected chi connectivity index (χ3v) is 8.55. The average molecular weight is 677 g/mol. The molecular weight excluding hydrogens is 640 g/mol. The van der Waals surface area contributed by atoms with E-state index >= 15 is 4.39 Å². The molecule has 4 aromatic rings. The number of carboxylic acids is 1. The number of carbonyl (C=O) groups excluding carboxylic acids is 1. The van der Waals surface area contributed by atoms with Crippen LogP contribution in [0.1, 0.15) is 63.5 Å². The molecule has 5 rings (SSSR count). The molecule has 11 heteroatoms. The molecule has 0 bridgehead atoms. The molecule has 0 saturated heterocycles. The first kappa shape index (κ1) is 35.3. The number of Topliss-reactive ketones (excluding diaryl/α,β-unsaturated/α-hetero) is 1. The molecule has 1 aliphatic heterocycles. The van der Waals surface area contributed by atoms with Crippen molar-refractivity contribution in [1.82, 2.24) is 4.98 Å². The Morgan fingerprint density at radius 1 is 1.06 bits per heavy atom. The number of halogens is 4. The highest BCUT2D eigenvalue weighted by molar-refractivity contribution is 6.03. The van der Waals surface area contributed by atoms with Crippen molar-refractivity contribution in [2.75, 3.05) is 18.1 Å². The van der Waals surface area contributed by atoms with Crippen molar-refractivity contribution >= 4 is 23.6 Å². The minimum Gasteiger partial charge on any atom is -0.490 e. The van der Waals surface area contributed by atoms with Crippen LogP contribution in [-0.2, 0) is 28.7 Å². The number of ether oxygens (including phenoxy) is 2. The molecule has 0 aliphatic carbocycles. The van der Waals surface area contributed by atoms with Crippen molar-refractivity contribution in [2.24, 2.45) is 0 Å². The van der Waals surface area contributed by atoms with Gasteiger partial charge in [-0.25, -0.2) is 14.2 Å². The van der Waals surface area contributed by atoms with Crippen LogP contribution in [0.25, 0.3) is 6.08 Å². The summed E-state index contributed by atoms with van der Waals surface area (Å²) < 4.78 is 67.6. The van der Waals surface area contributed by atoms with Crippen molar-refractivity contribution in [3.63, 3.8) is 0 Å². The number of aliphatic carboxylic acids is 1. The van der Waals surface area contributed by atoms with E-state index in [1.54, 1.807) is 54.3 Å². The Hall–Kier alpha value is -5.03. The molecule has 3 atom stereocenters. The van der Waals surface area contributed by atoms with Gasteiger partial charge in [-0.1, -0.05) is 73.2 Å². The molecule has 1 aromatic heterocycles. The van der Waals surface area contributed by atoms with Crippen molar-refractivity contribution in [2.45, 2.75) is 58.0 Å². The standard InChI is InChI=1S/C38H36F4N2O5/c1-4-25-8-5-10-27(18-25)35(45)33-24(3)44(36-31(33)19-29(20-43-36)38(40,41)42)17-7-12-26-9-6-11-28(34(26)39)21-49-32(37(46)47)22-48-30-15-13-23(2)14-16-30/h5-16,18-20,24,32-33H,4,17,21-22H2,1-3H3,(H,46,47)/b12-7+/t24?,32-,33?/m1/s1. The summed E-state index contributed by atoms with van der Waals surface area (Å²) in [6.45, 7) is 5.15. The fourth-order valence-electron chi connectivity index (χ4n) is 5.79. The fourth-order valence-corrected chi connectivity index (χ4v) is 5.79. The van der Waals surface area contributed by atoms with Crippen LogP contribution < -0.4 is 9.64 Å². The first-order valence-electron chi connectivity index (χ1n) is 15.8. The Morgan fingerprint density at radius 3 is 2.49 bits per heavy atom.